The second-order valence-corrected chi connectivity index (χ2v) is 4.86. The molecule has 0 bridgehead atoms. The molecule has 0 fully saturated rings. The lowest BCUT2D eigenvalue weighted by molar-refractivity contribution is 0.413. The average molecular weight is 245 g/mol. The molecular formula is C14H15NOS. The van der Waals surface area contributed by atoms with Gasteiger partial charge in [-0.25, -0.2) is 0 Å². The van der Waals surface area contributed by atoms with Gasteiger partial charge in [0.15, 0.2) is 0 Å². The molecule has 0 atom stereocenters. The number of ether oxygens (including phenoxy) is 1. The average Bonchev–Trinajstić information content (AvgIpc) is 2.34. The van der Waals surface area contributed by atoms with Gasteiger partial charge in [-0.3, -0.25) is 0 Å². The van der Waals surface area contributed by atoms with Crippen LogP contribution in [0.1, 0.15) is 5.56 Å². The molecule has 0 aliphatic rings. The lowest BCUT2D eigenvalue weighted by Crippen LogP contribution is -1.90. The minimum Gasteiger partial charge on any atom is -0.497 e. The van der Waals surface area contributed by atoms with E-state index in [1.165, 1.54) is 5.56 Å². The van der Waals surface area contributed by atoms with Crippen LogP contribution in [0.5, 0.6) is 5.75 Å². The van der Waals surface area contributed by atoms with Gasteiger partial charge in [0.25, 0.3) is 0 Å². The Morgan fingerprint density at radius 1 is 1.12 bits per heavy atom. The van der Waals surface area contributed by atoms with Gasteiger partial charge < -0.3 is 10.5 Å². The third-order valence-electron chi connectivity index (χ3n) is 2.50. The van der Waals surface area contributed by atoms with Crippen LogP contribution in [-0.2, 0) is 0 Å². The molecule has 2 nitrogen and oxygen atoms in total. The van der Waals surface area contributed by atoms with Crippen LogP contribution in [0.4, 0.5) is 5.69 Å². The zero-order valence-electron chi connectivity index (χ0n) is 9.94. The Labute approximate surface area is 106 Å². The molecule has 0 saturated carbocycles. The third kappa shape index (κ3) is 2.74. The van der Waals surface area contributed by atoms with Gasteiger partial charge in [-0.15, -0.1) is 0 Å². The van der Waals surface area contributed by atoms with E-state index in [1.807, 2.05) is 30.3 Å². The fraction of sp³-hybridized carbons (Fsp3) is 0.143. The first-order valence-electron chi connectivity index (χ1n) is 5.37. The molecule has 88 valence electrons. The summed E-state index contributed by atoms with van der Waals surface area (Å²) in [5, 5.41) is 0. The van der Waals surface area contributed by atoms with Crippen LogP contribution in [0, 0.1) is 6.92 Å². The molecule has 0 amide bonds. The lowest BCUT2D eigenvalue weighted by atomic mass is 10.2. The molecule has 0 aromatic heterocycles. The van der Waals surface area contributed by atoms with Crippen molar-refractivity contribution in [3.05, 3.63) is 48.0 Å². The topological polar surface area (TPSA) is 35.2 Å². The Hall–Kier alpha value is -1.61. The minimum atomic E-state index is 0.817. The molecule has 2 aromatic carbocycles. The van der Waals surface area contributed by atoms with Crippen molar-refractivity contribution in [3.8, 4) is 5.75 Å². The summed E-state index contributed by atoms with van der Waals surface area (Å²) >= 11 is 1.67. The molecule has 2 rings (SSSR count). The molecule has 0 radical (unpaired) electrons. The summed E-state index contributed by atoms with van der Waals surface area (Å²) < 4.78 is 5.21. The smallest absolute Gasteiger partial charge is 0.119 e. The van der Waals surface area contributed by atoms with Crippen molar-refractivity contribution in [2.45, 2.75) is 16.7 Å². The molecule has 17 heavy (non-hydrogen) atoms. The number of nitrogens with two attached hydrogens (primary N) is 1. The maximum atomic E-state index is 5.99. The first-order valence-corrected chi connectivity index (χ1v) is 6.19. The quantitative estimate of drug-likeness (QED) is 0.837. The molecule has 0 heterocycles. The minimum absolute atomic E-state index is 0.817. The first-order chi connectivity index (χ1) is 8.20. The van der Waals surface area contributed by atoms with Crippen molar-refractivity contribution in [1.29, 1.82) is 0 Å². The van der Waals surface area contributed by atoms with Crippen LogP contribution in [0.15, 0.2) is 52.3 Å². The fourth-order valence-electron chi connectivity index (χ4n) is 1.60. The third-order valence-corrected chi connectivity index (χ3v) is 3.75. The van der Waals surface area contributed by atoms with Gasteiger partial charge in [-0.1, -0.05) is 30.0 Å². The van der Waals surface area contributed by atoms with E-state index >= 15 is 0 Å². The standard InChI is InChI=1S/C14H15NOS/c1-10-5-3-8-13(15)14(10)17-12-7-4-6-11(9-12)16-2/h3-9H,15H2,1-2H3. The molecule has 2 N–H and O–H groups in total. The SMILES string of the molecule is COc1cccc(Sc2c(C)cccc2N)c1. The van der Waals surface area contributed by atoms with E-state index in [1.54, 1.807) is 18.9 Å². The number of benzene rings is 2. The summed E-state index contributed by atoms with van der Waals surface area (Å²) in [4.78, 5) is 2.24. The van der Waals surface area contributed by atoms with Crippen LogP contribution in [0.25, 0.3) is 0 Å². The summed E-state index contributed by atoms with van der Waals surface area (Å²) in [7, 11) is 1.67. The number of methoxy groups -OCH3 is 1. The maximum Gasteiger partial charge on any atom is 0.119 e. The highest BCUT2D eigenvalue weighted by Gasteiger charge is 2.05. The number of nitrogen functional groups attached to an aromatic ring is 1. The number of hydrogen-bond acceptors (Lipinski definition) is 3. The zero-order chi connectivity index (χ0) is 12.3. The molecule has 0 saturated heterocycles. The van der Waals surface area contributed by atoms with Gasteiger partial charge in [-0.05, 0) is 36.8 Å². The summed E-state index contributed by atoms with van der Waals surface area (Å²) in [5.41, 5.74) is 8.00. The maximum absolute atomic E-state index is 5.99. The molecule has 2 aromatic rings. The monoisotopic (exact) mass is 245 g/mol. The Morgan fingerprint density at radius 3 is 2.59 bits per heavy atom. The van der Waals surface area contributed by atoms with Crippen molar-refractivity contribution >= 4 is 17.4 Å². The second-order valence-electron chi connectivity index (χ2n) is 3.77. The Balaban J connectivity index is 2.31. The van der Waals surface area contributed by atoms with E-state index < -0.39 is 0 Å². The van der Waals surface area contributed by atoms with Crippen LogP contribution in [0.2, 0.25) is 0 Å². The Morgan fingerprint density at radius 2 is 1.88 bits per heavy atom. The Bertz CT molecular complexity index is 505. The molecule has 0 aliphatic heterocycles. The van der Waals surface area contributed by atoms with Gasteiger partial charge in [0.05, 0.1) is 7.11 Å². The van der Waals surface area contributed by atoms with Gasteiger partial charge in [0, 0.05) is 15.5 Å². The largest absolute Gasteiger partial charge is 0.497 e. The predicted molar refractivity (Wildman–Crippen MR) is 72.7 cm³/mol. The summed E-state index contributed by atoms with van der Waals surface area (Å²) in [5.74, 6) is 0.863. The van der Waals surface area contributed by atoms with Gasteiger partial charge in [0.2, 0.25) is 0 Å². The van der Waals surface area contributed by atoms with Crippen LogP contribution in [0.3, 0.4) is 0 Å². The summed E-state index contributed by atoms with van der Waals surface area (Å²) in [6, 6.07) is 13.9. The Kier molecular flexibility index (Phi) is 3.59. The van der Waals surface area contributed by atoms with Gasteiger partial charge in [-0.2, -0.15) is 0 Å². The highest BCUT2D eigenvalue weighted by molar-refractivity contribution is 7.99. The molecule has 0 unspecified atom stereocenters. The van der Waals surface area contributed by atoms with Crippen molar-refractivity contribution < 1.29 is 4.74 Å². The van der Waals surface area contributed by atoms with Crippen LogP contribution >= 0.6 is 11.8 Å². The molecule has 0 spiro atoms. The van der Waals surface area contributed by atoms with E-state index in [4.69, 9.17) is 10.5 Å². The predicted octanol–water partition coefficient (Wildman–Crippen LogP) is 3.74. The zero-order valence-corrected chi connectivity index (χ0v) is 10.8. The number of aryl methyl sites for hydroxylation is 1. The molecule has 0 aliphatic carbocycles. The van der Waals surface area contributed by atoms with Crippen LogP contribution in [-0.4, -0.2) is 7.11 Å². The summed E-state index contributed by atoms with van der Waals surface area (Å²) in [6.45, 7) is 2.07. The number of hydrogen-bond donors (Lipinski definition) is 1. The van der Waals surface area contributed by atoms with E-state index in [-0.39, 0.29) is 0 Å². The lowest BCUT2D eigenvalue weighted by Gasteiger charge is -2.09. The van der Waals surface area contributed by atoms with E-state index in [2.05, 4.69) is 19.1 Å². The van der Waals surface area contributed by atoms with E-state index in [0.29, 0.717) is 0 Å². The van der Waals surface area contributed by atoms with Crippen molar-refractivity contribution in [3.63, 3.8) is 0 Å². The summed E-state index contributed by atoms with van der Waals surface area (Å²) in [6.07, 6.45) is 0. The van der Waals surface area contributed by atoms with Crippen molar-refractivity contribution in [1.82, 2.24) is 0 Å². The number of anilines is 1. The normalized spacial score (nSPS) is 10.2. The van der Waals surface area contributed by atoms with Crippen molar-refractivity contribution in [2.75, 3.05) is 12.8 Å². The molecule has 3 heteroatoms. The van der Waals surface area contributed by atoms with Crippen molar-refractivity contribution in [2.24, 2.45) is 0 Å². The highest BCUT2D eigenvalue weighted by atomic mass is 32.2. The van der Waals surface area contributed by atoms with Gasteiger partial charge >= 0.3 is 0 Å². The van der Waals surface area contributed by atoms with E-state index in [0.717, 1.165) is 21.2 Å². The first kappa shape index (κ1) is 11.9. The van der Waals surface area contributed by atoms with Gasteiger partial charge in [0.1, 0.15) is 5.75 Å². The second kappa shape index (κ2) is 5.15. The van der Waals surface area contributed by atoms with Crippen LogP contribution < -0.4 is 10.5 Å². The highest BCUT2D eigenvalue weighted by Crippen LogP contribution is 2.35. The fourth-order valence-corrected chi connectivity index (χ4v) is 2.57. The molecular weight excluding hydrogens is 230 g/mol. The van der Waals surface area contributed by atoms with E-state index in [9.17, 15) is 0 Å². The number of rotatable bonds is 3.